The molecular weight excluding hydrogens is 336 g/mol. The highest BCUT2D eigenvalue weighted by atomic mass is 35.5. The maximum absolute atomic E-state index is 11.9. The van der Waals surface area contributed by atoms with E-state index in [9.17, 15) is 14.7 Å². The normalized spacial score (nSPS) is 9.96. The van der Waals surface area contributed by atoms with Gasteiger partial charge >= 0.3 is 0 Å². The Morgan fingerprint density at radius 3 is 2.48 bits per heavy atom. The van der Waals surface area contributed by atoms with Crippen molar-refractivity contribution in [2.45, 2.75) is 6.42 Å². The van der Waals surface area contributed by atoms with Crippen LogP contribution >= 0.6 is 23.8 Å². The lowest BCUT2D eigenvalue weighted by atomic mass is 10.1. The SMILES string of the molecule is O=C(Cc1ccccc1)NC(=S)Nc1cc(C(=O)[O-])ccc1Cl. The summed E-state index contributed by atoms with van der Waals surface area (Å²) in [6.07, 6.45) is 0.176. The lowest BCUT2D eigenvalue weighted by Crippen LogP contribution is -2.35. The minimum absolute atomic E-state index is 0.0309. The molecule has 0 aliphatic heterocycles. The Morgan fingerprint density at radius 2 is 1.83 bits per heavy atom. The van der Waals surface area contributed by atoms with Crippen molar-refractivity contribution in [3.63, 3.8) is 0 Å². The Hall–Kier alpha value is -2.44. The monoisotopic (exact) mass is 347 g/mol. The van der Waals surface area contributed by atoms with Gasteiger partial charge in [-0.2, -0.15) is 0 Å². The number of benzene rings is 2. The Labute approximate surface area is 143 Å². The fraction of sp³-hybridized carbons (Fsp3) is 0.0625. The summed E-state index contributed by atoms with van der Waals surface area (Å²) in [6.45, 7) is 0. The molecule has 0 aliphatic carbocycles. The number of carbonyl (C=O) groups is 2. The van der Waals surface area contributed by atoms with Crippen molar-refractivity contribution in [3.05, 3.63) is 64.7 Å². The van der Waals surface area contributed by atoms with Crippen LogP contribution in [0.25, 0.3) is 0 Å². The highest BCUT2D eigenvalue weighted by molar-refractivity contribution is 7.80. The first-order valence-electron chi connectivity index (χ1n) is 6.61. The van der Waals surface area contributed by atoms with Crippen molar-refractivity contribution in [2.75, 3.05) is 5.32 Å². The zero-order chi connectivity index (χ0) is 16.8. The smallest absolute Gasteiger partial charge is 0.230 e. The molecule has 5 nitrogen and oxygen atoms in total. The molecule has 0 radical (unpaired) electrons. The summed E-state index contributed by atoms with van der Waals surface area (Å²) in [6, 6.07) is 13.2. The Morgan fingerprint density at radius 1 is 1.13 bits per heavy atom. The summed E-state index contributed by atoms with van der Waals surface area (Å²) in [5.74, 6) is -1.62. The largest absolute Gasteiger partial charge is 0.545 e. The number of rotatable bonds is 4. The number of hydrogen-bond acceptors (Lipinski definition) is 4. The van der Waals surface area contributed by atoms with Crippen LogP contribution in [-0.4, -0.2) is 17.0 Å². The molecule has 0 aromatic heterocycles. The number of carboxylic acids is 1. The van der Waals surface area contributed by atoms with Gasteiger partial charge < -0.3 is 20.5 Å². The standard InChI is InChI=1S/C16H13ClN2O3S/c17-12-7-6-11(15(21)22)9-13(12)18-16(23)19-14(20)8-10-4-2-1-3-5-10/h1-7,9H,8H2,(H,21,22)(H2,18,19,20,23)/p-1. The van der Waals surface area contributed by atoms with E-state index in [4.69, 9.17) is 23.8 Å². The molecule has 23 heavy (non-hydrogen) atoms. The molecular formula is C16H12ClN2O3S-. The zero-order valence-electron chi connectivity index (χ0n) is 11.8. The maximum atomic E-state index is 11.9. The predicted octanol–water partition coefficient (Wildman–Crippen LogP) is 1.76. The minimum Gasteiger partial charge on any atom is -0.545 e. The van der Waals surface area contributed by atoms with Crippen molar-refractivity contribution in [1.29, 1.82) is 0 Å². The lowest BCUT2D eigenvalue weighted by molar-refractivity contribution is -0.255. The summed E-state index contributed by atoms with van der Waals surface area (Å²) in [5.41, 5.74) is 1.08. The van der Waals surface area contributed by atoms with Crippen LogP contribution in [0.4, 0.5) is 5.69 Å². The van der Waals surface area contributed by atoms with Gasteiger partial charge in [0.15, 0.2) is 5.11 Å². The Kier molecular flexibility index (Phi) is 5.67. The van der Waals surface area contributed by atoms with E-state index in [2.05, 4.69) is 10.6 Å². The van der Waals surface area contributed by atoms with E-state index in [0.717, 1.165) is 5.56 Å². The second-order valence-electron chi connectivity index (χ2n) is 4.65. The number of carbonyl (C=O) groups excluding carboxylic acids is 2. The van der Waals surface area contributed by atoms with E-state index < -0.39 is 5.97 Å². The zero-order valence-corrected chi connectivity index (χ0v) is 13.4. The number of carboxylic acid groups (broad SMARTS) is 1. The topological polar surface area (TPSA) is 81.3 Å². The predicted molar refractivity (Wildman–Crippen MR) is 90.3 cm³/mol. The molecule has 2 aromatic carbocycles. The van der Waals surface area contributed by atoms with Crippen molar-refractivity contribution in [1.82, 2.24) is 5.32 Å². The van der Waals surface area contributed by atoms with E-state index in [-0.39, 0.29) is 33.7 Å². The fourth-order valence-corrected chi connectivity index (χ4v) is 2.24. The van der Waals surface area contributed by atoms with Crippen molar-refractivity contribution >= 4 is 46.5 Å². The maximum Gasteiger partial charge on any atom is 0.230 e. The van der Waals surface area contributed by atoms with Gasteiger partial charge in [-0.1, -0.05) is 48.0 Å². The van der Waals surface area contributed by atoms with Gasteiger partial charge in [-0.3, -0.25) is 4.79 Å². The molecule has 0 bridgehead atoms. The Balaban J connectivity index is 1.98. The van der Waals surface area contributed by atoms with Gasteiger partial charge in [-0.15, -0.1) is 0 Å². The van der Waals surface area contributed by atoms with Gasteiger partial charge in [-0.05, 0) is 35.5 Å². The summed E-state index contributed by atoms with van der Waals surface area (Å²) >= 11 is 11.0. The number of hydrogen-bond donors (Lipinski definition) is 2. The molecule has 0 aliphatic rings. The van der Waals surface area contributed by atoms with E-state index in [0.29, 0.717) is 0 Å². The number of halogens is 1. The van der Waals surface area contributed by atoms with E-state index in [1.54, 1.807) is 0 Å². The highest BCUT2D eigenvalue weighted by Gasteiger charge is 2.08. The molecule has 1 amide bonds. The summed E-state index contributed by atoms with van der Waals surface area (Å²) in [4.78, 5) is 22.7. The number of nitrogens with one attached hydrogen (secondary N) is 2. The molecule has 0 heterocycles. The quantitative estimate of drug-likeness (QED) is 0.824. The number of aromatic carboxylic acids is 1. The first-order valence-corrected chi connectivity index (χ1v) is 7.40. The van der Waals surface area contributed by atoms with Crippen LogP contribution in [-0.2, 0) is 11.2 Å². The summed E-state index contributed by atoms with van der Waals surface area (Å²) in [7, 11) is 0. The first kappa shape index (κ1) is 16.9. The fourth-order valence-electron chi connectivity index (χ4n) is 1.85. The molecule has 0 saturated heterocycles. The molecule has 0 spiro atoms. The van der Waals surface area contributed by atoms with Crippen molar-refractivity contribution in [2.24, 2.45) is 0 Å². The van der Waals surface area contributed by atoms with Crippen LogP contribution in [0.1, 0.15) is 15.9 Å². The van der Waals surface area contributed by atoms with Gasteiger partial charge in [-0.25, -0.2) is 0 Å². The van der Waals surface area contributed by atoms with Crippen LogP contribution in [0, 0.1) is 0 Å². The van der Waals surface area contributed by atoms with Gasteiger partial charge in [0, 0.05) is 0 Å². The van der Waals surface area contributed by atoms with Crippen LogP contribution in [0.15, 0.2) is 48.5 Å². The average Bonchev–Trinajstić information content (AvgIpc) is 2.50. The molecule has 0 saturated carbocycles. The van der Waals surface area contributed by atoms with Crippen LogP contribution < -0.4 is 15.7 Å². The molecule has 2 aromatic rings. The number of anilines is 1. The van der Waals surface area contributed by atoms with Crippen molar-refractivity contribution in [3.8, 4) is 0 Å². The van der Waals surface area contributed by atoms with Crippen LogP contribution in [0.5, 0.6) is 0 Å². The molecule has 7 heteroatoms. The molecule has 2 rings (SSSR count). The number of thiocarbonyl (C=S) groups is 1. The van der Waals surface area contributed by atoms with E-state index in [1.165, 1.54) is 18.2 Å². The second-order valence-corrected chi connectivity index (χ2v) is 5.46. The molecule has 0 unspecified atom stereocenters. The van der Waals surface area contributed by atoms with Crippen LogP contribution in [0.2, 0.25) is 5.02 Å². The lowest BCUT2D eigenvalue weighted by Gasteiger charge is -2.12. The summed E-state index contributed by atoms with van der Waals surface area (Å²) < 4.78 is 0. The van der Waals surface area contributed by atoms with Crippen LogP contribution in [0.3, 0.4) is 0 Å². The summed E-state index contributed by atoms with van der Waals surface area (Å²) in [5, 5.41) is 16.4. The average molecular weight is 348 g/mol. The molecule has 118 valence electrons. The Bertz CT molecular complexity index is 750. The van der Waals surface area contributed by atoms with Gasteiger partial charge in [0.1, 0.15) is 0 Å². The highest BCUT2D eigenvalue weighted by Crippen LogP contribution is 2.22. The molecule has 0 fully saturated rings. The molecule has 0 atom stereocenters. The van der Waals surface area contributed by atoms with Gasteiger partial charge in [0.2, 0.25) is 5.91 Å². The third kappa shape index (κ3) is 5.05. The molecule has 2 N–H and O–H groups in total. The van der Waals surface area contributed by atoms with E-state index in [1.807, 2.05) is 30.3 Å². The first-order chi connectivity index (χ1) is 11.0. The minimum atomic E-state index is -1.33. The third-order valence-corrected chi connectivity index (χ3v) is 3.44. The van der Waals surface area contributed by atoms with Crippen molar-refractivity contribution < 1.29 is 14.7 Å². The third-order valence-electron chi connectivity index (χ3n) is 2.91. The second kappa shape index (κ2) is 7.71. The number of amides is 1. The van der Waals surface area contributed by atoms with E-state index >= 15 is 0 Å². The van der Waals surface area contributed by atoms with Gasteiger partial charge in [0.05, 0.1) is 23.1 Å². The van der Waals surface area contributed by atoms with Gasteiger partial charge in [0.25, 0.3) is 0 Å².